The van der Waals surface area contributed by atoms with Crippen molar-refractivity contribution >= 4 is 29.6 Å². The van der Waals surface area contributed by atoms with Crippen LogP contribution in [0.2, 0.25) is 5.02 Å². The van der Waals surface area contributed by atoms with E-state index in [-0.39, 0.29) is 11.3 Å². The van der Waals surface area contributed by atoms with Gasteiger partial charge in [-0.3, -0.25) is 10.1 Å². The maximum Gasteiger partial charge on any atom is 0.319 e. The number of nitrogens with zero attached hydrogens (tertiary/aromatic N) is 1. The van der Waals surface area contributed by atoms with Crippen LogP contribution < -0.4 is 11.1 Å². The average Bonchev–Trinajstić information content (AvgIpc) is 2.92. The molecule has 0 radical (unpaired) electrons. The molecule has 2 rings (SSSR count). The Morgan fingerprint density at radius 2 is 2.09 bits per heavy atom. The molecule has 0 unspecified atom stereocenters. The van der Waals surface area contributed by atoms with E-state index in [0.717, 1.165) is 5.56 Å². The minimum atomic E-state index is -1.04. The van der Waals surface area contributed by atoms with Gasteiger partial charge in [-0.25, -0.2) is 4.79 Å². The number of hydrogen-bond acceptors (Lipinski definition) is 4. The quantitative estimate of drug-likeness (QED) is 0.670. The monoisotopic (exact) mass is 315 g/mol. The first-order chi connectivity index (χ1) is 10.5. The summed E-state index contributed by atoms with van der Waals surface area (Å²) in [6.45, 7) is 0. The minimum Gasteiger partial charge on any atom is -0.457 e. The summed E-state index contributed by atoms with van der Waals surface area (Å²) in [6, 6.07) is 10.9. The zero-order valence-corrected chi connectivity index (χ0v) is 11.9. The highest BCUT2D eigenvalue weighted by Crippen LogP contribution is 2.25. The van der Waals surface area contributed by atoms with E-state index >= 15 is 0 Å². The van der Waals surface area contributed by atoms with Crippen molar-refractivity contribution in [2.75, 3.05) is 0 Å². The number of carbonyl (C=O) groups is 2. The number of amides is 3. The molecule has 0 aliphatic carbocycles. The van der Waals surface area contributed by atoms with Gasteiger partial charge in [-0.2, -0.15) is 5.26 Å². The van der Waals surface area contributed by atoms with E-state index in [4.69, 9.17) is 27.0 Å². The van der Waals surface area contributed by atoms with Crippen molar-refractivity contribution in [2.24, 2.45) is 5.73 Å². The van der Waals surface area contributed by atoms with Gasteiger partial charge in [0.1, 0.15) is 23.2 Å². The third kappa shape index (κ3) is 3.75. The van der Waals surface area contributed by atoms with Crippen LogP contribution in [0.3, 0.4) is 0 Å². The number of urea groups is 1. The van der Waals surface area contributed by atoms with Gasteiger partial charge < -0.3 is 10.2 Å². The van der Waals surface area contributed by atoms with Gasteiger partial charge >= 0.3 is 6.03 Å². The van der Waals surface area contributed by atoms with E-state index in [0.29, 0.717) is 10.8 Å². The summed E-state index contributed by atoms with van der Waals surface area (Å²) in [5.41, 5.74) is 5.29. The van der Waals surface area contributed by atoms with Crippen LogP contribution in [-0.4, -0.2) is 11.9 Å². The van der Waals surface area contributed by atoms with Crippen LogP contribution in [-0.2, 0) is 4.79 Å². The molecule has 22 heavy (non-hydrogen) atoms. The zero-order valence-electron chi connectivity index (χ0n) is 11.2. The van der Waals surface area contributed by atoms with Gasteiger partial charge in [-0.1, -0.05) is 23.7 Å². The molecule has 0 saturated carbocycles. The van der Waals surface area contributed by atoms with Crippen LogP contribution in [0.25, 0.3) is 17.4 Å². The van der Waals surface area contributed by atoms with Crippen LogP contribution in [0.4, 0.5) is 4.79 Å². The second-order valence-corrected chi connectivity index (χ2v) is 4.64. The summed E-state index contributed by atoms with van der Waals surface area (Å²) in [5.74, 6) is -0.0804. The third-order valence-electron chi connectivity index (χ3n) is 2.62. The molecule has 0 fully saturated rings. The van der Waals surface area contributed by atoms with Crippen molar-refractivity contribution in [3.63, 3.8) is 0 Å². The van der Waals surface area contributed by atoms with Crippen LogP contribution in [0.1, 0.15) is 5.76 Å². The Morgan fingerprint density at radius 3 is 2.73 bits per heavy atom. The lowest BCUT2D eigenvalue weighted by molar-refractivity contribution is -0.115. The van der Waals surface area contributed by atoms with Gasteiger partial charge in [0, 0.05) is 16.7 Å². The molecule has 0 atom stereocenters. The van der Waals surface area contributed by atoms with Crippen LogP contribution in [0.15, 0.2) is 46.4 Å². The predicted molar refractivity (Wildman–Crippen MR) is 80.5 cm³/mol. The fourth-order valence-corrected chi connectivity index (χ4v) is 1.89. The molecule has 7 heteroatoms. The summed E-state index contributed by atoms with van der Waals surface area (Å²) in [7, 11) is 0. The molecule has 2 aromatic rings. The van der Waals surface area contributed by atoms with Gasteiger partial charge in [0.15, 0.2) is 0 Å². The Bertz CT molecular complexity index is 802. The number of rotatable bonds is 3. The number of nitrogens with one attached hydrogen (secondary N) is 1. The molecule has 6 nitrogen and oxygen atoms in total. The fraction of sp³-hybridized carbons (Fsp3) is 0. The van der Waals surface area contributed by atoms with E-state index in [1.54, 1.807) is 36.4 Å². The zero-order chi connectivity index (χ0) is 16.1. The van der Waals surface area contributed by atoms with Crippen LogP contribution in [0.5, 0.6) is 0 Å². The second kappa shape index (κ2) is 6.61. The summed E-state index contributed by atoms with van der Waals surface area (Å²) < 4.78 is 5.53. The Kier molecular flexibility index (Phi) is 4.61. The number of primary amides is 1. The highest BCUT2D eigenvalue weighted by Gasteiger charge is 2.12. The highest BCUT2D eigenvalue weighted by molar-refractivity contribution is 6.30. The number of benzene rings is 1. The summed E-state index contributed by atoms with van der Waals surface area (Å²) >= 11 is 5.90. The summed E-state index contributed by atoms with van der Waals surface area (Å²) in [4.78, 5) is 22.2. The van der Waals surface area contributed by atoms with Crippen LogP contribution in [0, 0.1) is 11.3 Å². The van der Waals surface area contributed by atoms with E-state index in [2.05, 4.69) is 0 Å². The molecule has 1 heterocycles. The largest absolute Gasteiger partial charge is 0.457 e. The highest BCUT2D eigenvalue weighted by atomic mass is 35.5. The number of furan rings is 1. The van der Waals surface area contributed by atoms with Crippen molar-refractivity contribution in [3.8, 4) is 17.4 Å². The second-order valence-electron chi connectivity index (χ2n) is 4.20. The molecule has 1 aromatic heterocycles. The topological polar surface area (TPSA) is 109 Å². The fourth-order valence-electron chi connectivity index (χ4n) is 1.70. The van der Waals surface area contributed by atoms with Gasteiger partial charge in [0.25, 0.3) is 5.91 Å². The van der Waals surface area contributed by atoms with E-state index in [9.17, 15) is 9.59 Å². The molecule has 0 aliphatic heterocycles. The lowest BCUT2D eigenvalue weighted by atomic mass is 10.2. The first-order valence-corrected chi connectivity index (χ1v) is 6.46. The Labute approximate surface area is 130 Å². The molecular weight excluding hydrogens is 306 g/mol. The molecule has 0 aliphatic rings. The average molecular weight is 316 g/mol. The van der Waals surface area contributed by atoms with Crippen molar-refractivity contribution in [1.29, 1.82) is 5.26 Å². The molecule has 0 saturated heterocycles. The normalized spacial score (nSPS) is 10.8. The molecule has 0 bridgehead atoms. The first kappa shape index (κ1) is 15.4. The van der Waals surface area contributed by atoms with Crippen molar-refractivity contribution in [3.05, 3.63) is 52.8 Å². The van der Waals surface area contributed by atoms with Crippen molar-refractivity contribution in [2.45, 2.75) is 0 Å². The standard InChI is InChI=1S/C15H10ClN3O3/c16-11-3-1-2-9(6-11)13-5-4-12(22-13)7-10(8-17)14(20)19-15(18)21/h1-7H,(H3,18,19,20,21)/b10-7-. The first-order valence-electron chi connectivity index (χ1n) is 6.08. The Hall–Kier alpha value is -3.04. The predicted octanol–water partition coefficient (Wildman–Crippen LogP) is 2.70. The summed E-state index contributed by atoms with van der Waals surface area (Å²) in [6.07, 6.45) is 1.21. The number of imide groups is 1. The number of halogens is 1. The van der Waals surface area contributed by atoms with Gasteiger partial charge in [0.05, 0.1) is 0 Å². The number of hydrogen-bond donors (Lipinski definition) is 2. The lowest BCUT2D eigenvalue weighted by Crippen LogP contribution is -2.35. The molecule has 0 spiro atoms. The van der Waals surface area contributed by atoms with Crippen LogP contribution >= 0.6 is 11.6 Å². The molecule has 3 N–H and O–H groups in total. The van der Waals surface area contributed by atoms with Crippen molar-refractivity contribution in [1.82, 2.24) is 5.32 Å². The summed E-state index contributed by atoms with van der Waals surface area (Å²) in [5, 5.41) is 11.3. The Morgan fingerprint density at radius 1 is 1.32 bits per heavy atom. The Balaban J connectivity index is 2.27. The van der Waals surface area contributed by atoms with Crippen molar-refractivity contribution < 1.29 is 14.0 Å². The molecular formula is C15H10ClN3O3. The molecule has 3 amide bonds. The third-order valence-corrected chi connectivity index (χ3v) is 2.86. The smallest absolute Gasteiger partial charge is 0.319 e. The molecule has 110 valence electrons. The number of carbonyl (C=O) groups excluding carboxylic acids is 2. The van der Waals surface area contributed by atoms with E-state index < -0.39 is 11.9 Å². The maximum absolute atomic E-state index is 11.5. The lowest BCUT2D eigenvalue weighted by Gasteiger charge is -1.98. The van der Waals surface area contributed by atoms with Gasteiger partial charge in [0.2, 0.25) is 0 Å². The maximum atomic E-state index is 11.5. The minimum absolute atomic E-state index is 0.283. The number of nitriles is 1. The molecule has 1 aromatic carbocycles. The van der Waals surface area contributed by atoms with Gasteiger partial charge in [-0.05, 0) is 24.3 Å². The van der Waals surface area contributed by atoms with E-state index in [1.807, 2.05) is 11.4 Å². The van der Waals surface area contributed by atoms with E-state index in [1.165, 1.54) is 6.08 Å². The number of nitrogens with two attached hydrogens (primary N) is 1. The SMILES string of the molecule is N#C/C(=C/c1ccc(-c2cccc(Cl)c2)o1)C(=O)NC(N)=O. The van der Waals surface area contributed by atoms with Gasteiger partial charge in [-0.15, -0.1) is 0 Å².